The Morgan fingerprint density at radius 2 is 1.91 bits per heavy atom. The van der Waals surface area contributed by atoms with Crippen LogP contribution in [0.4, 0.5) is 16.2 Å². The third-order valence-electron chi connectivity index (χ3n) is 5.50. The van der Waals surface area contributed by atoms with Crippen molar-refractivity contribution in [2.75, 3.05) is 16.8 Å². The quantitative estimate of drug-likeness (QED) is 0.397. The molecule has 5 amide bonds. The number of imide groups is 1. The van der Waals surface area contributed by atoms with Crippen LogP contribution in [0.3, 0.4) is 0 Å². The van der Waals surface area contributed by atoms with E-state index in [9.17, 15) is 19.2 Å². The summed E-state index contributed by atoms with van der Waals surface area (Å²) in [5.41, 5.74) is 3.02. The highest BCUT2D eigenvalue weighted by atomic mass is 16.2. The topological polar surface area (TPSA) is 123 Å². The smallest absolute Gasteiger partial charge is 0.329 e. The van der Waals surface area contributed by atoms with Gasteiger partial charge in [0.05, 0.1) is 5.69 Å². The van der Waals surface area contributed by atoms with Gasteiger partial charge in [-0.15, -0.1) is 0 Å². The summed E-state index contributed by atoms with van der Waals surface area (Å²) in [6.07, 6.45) is 2.95. The number of H-pyrrole nitrogens is 1. The van der Waals surface area contributed by atoms with Crippen LogP contribution >= 0.6 is 0 Å². The van der Waals surface area contributed by atoms with E-state index in [1.807, 2.05) is 30.5 Å². The van der Waals surface area contributed by atoms with Gasteiger partial charge in [0.2, 0.25) is 11.8 Å². The van der Waals surface area contributed by atoms with Crippen LogP contribution in [-0.2, 0) is 20.8 Å². The van der Waals surface area contributed by atoms with Crippen molar-refractivity contribution in [1.29, 1.82) is 0 Å². The largest absolute Gasteiger partial charge is 0.361 e. The molecule has 0 bridgehead atoms. The molecule has 0 spiro atoms. The molecule has 3 aromatic rings. The number of nitrogens with zero attached hydrogens (tertiary/aromatic N) is 1. The van der Waals surface area contributed by atoms with Crippen LogP contribution in [0, 0.1) is 0 Å². The minimum Gasteiger partial charge on any atom is -0.361 e. The molecule has 9 nitrogen and oxygen atoms in total. The van der Waals surface area contributed by atoms with E-state index in [0.29, 0.717) is 24.3 Å². The van der Waals surface area contributed by atoms with E-state index in [1.54, 1.807) is 24.3 Å². The van der Waals surface area contributed by atoms with Gasteiger partial charge in [-0.2, -0.15) is 0 Å². The molecule has 0 saturated carbocycles. The molecule has 2 aromatic carbocycles. The number of rotatable bonds is 8. The van der Waals surface area contributed by atoms with E-state index in [4.69, 9.17) is 0 Å². The van der Waals surface area contributed by atoms with Gasteiger partial charge in [0, 0.05) is 42.7 Å². The zero-order valence-electron chi connectivity index (χ0n) is 18.2. The Kier molecular flexibility index (Phi) is 6.39. The maximum absolute atomic E-state index is 12.8. The van der Waals surface area contributed by atoms with Gasteiger partial charge in [0.1, 0.15) is 6.04 Å². The predicted molar refractivity (Wildman–Crippen MR) is 125 cm³/mol. The summed E-state index contributed by atoms with van der Waals surface area (Å²) in [5.74, 6) is -0.854. The Bertz CT molecular complexity index is 1220. The average Bonchev–Trinajstić information content (AvgIpc) is 3.32. The highest BCUT2D eigenvalue weighted by molar-refractivity contribution is 6.21. The van der Waals surface area contributed by atoms with Crippen molar-refractivity contribution >= 4 is 46.0 Å². The number of carbonyl (C=O) groups is 4. The van der Waals surface area contributed by atoms with Crippen molar-refractivity contribution < 1.29 is 19.2 Å². The molecule has 1 unspecified atom stereocenters. The van der Waals surface area contributed by atoms with Crippen LogP contribution in [0.15, 0.2) is 54.7 Å². The molecule has 1 saturated heterocycles. The highest BCUT2D eigenvalue weighted by Gasteiger charge is 2.39. The molecule has 170 valence electrons. The van der Waals surface area contributed by atoms with E-state index in [-0.39, 0.29) is 24.7 Å². The first kappa shape index (κ1) is 22.1. The minimum absolute atomic E-state index is 0.115. The van der Waals surface area contributed by atoms with Crippen LogP contribution in [0.25, 0.3) is 10.9 Å². The SMILES string of the molecule is CC(=O)Nc1cccc(N2C(=O)NC(CCC(=O)NCCc3c[nH]c4ccccc34)C2=O)c1. The first-order valence-electron chi connectivity index (χ1n) is 10.8. The van der Waals surface area contributed by atoms with Crippen LogP contribution < -0.4 is 20.9 Å². The standard InChI is InChI=1S/C24H25N5O4/c1-15(30)27-17-5-4-6-18(13-17)29-23(32)21(28-24(29)33)9-10-22(31)25-12-11-16-14-26-20-8-3-2-7-19(16)20/h2-8,13-14,21,26H,9-12H2,1H3,(H,25,31)(H,27,30)(H,28,33). The van der Waals surface area contributed by atoms with E-state index >= 15 is 0 Å². The fraction of sp³-hybridized carbons (Fsp3) is 0.250. The molecule has 0 radical (unpaired) electrons. The molecule has 1 atom stereocenters. The van der Waals surface area contributed by atoms with Crippen LogP contribution in [-0.4, -0.2) is 41.3 Å². The van der Waals surface area contributed by atoms with Crippen molar-refractivity contribution in [3.63, 3.8) is 0 Å². The van der Waals surface area contributed by atoms with Gasteiger partial charge in [0.15, 0.2) is 0 Å². The molecule has 0 aliphatic carbocycles. The number of nitrogens with one attached hydrogen (secondary N) is 4. The summed E-state index contributed by atoms with van der Waals surface area (Å²) >= 11 is 0. The van der Waals surface area contributed by atoms with Crippen molar-refractivity contribution in [2.45, 2.75) is 32.2 Å². The first-order chi connectivity index (χ1) is 15.9. The summed E-state index contributed by atoms with van der Waals surface area (Å²) in [4.78, 5) is 53.0. The molecule has 4 N–H and O–H groups in total. The van der Waals surface area contributed by atoms with Crippen molar-refractivity contribution in [2.24, 2.45) is 0 Å². The Hall–Kier alpha value is -4.14. The number of carbonyl (C=O) groups excluding carboxylic acids is 4. The third-order valence-corrected chi connectivity index (χ3v) is 5.50. The maximum atomic E-state index is 12.8. The summed E-state index contributed by atoms with van der Waals surface area (Å²) in [6.45, 7) is 1.86. The molecule has 9 heteroatoms. The zero-order chi connectivity index (χ0) is 23.4. The predicted octanol–water partition coefficient (Wildman–Crippen LogP) is 2.69. The van der Waals surface area contributed by atoms with Crippen LogP contribution in [0.1, 0.15) is 25.3 Å². The van der Waals surface area contributed by atoms with E-state index < -0.39 is 18.0 Å². The number of aromatic nitrogens is 1. The van der Waals surface area contributed by atoms with E-state index in [1.165, 1.54) is 6.92 Å². The monoisotopic (exact) mass is 447 g/mol. The molecular formula is C24H25N5O4. The van der Waals surface area contributed by atoms with Gasteiger partial charge in [-0.25, -0.2) is 9.69 Å². The molecule has 1 aromatic heterocycles. The molecule has 1 aliphatic heterocycles. The van der Waals surface area contributed by atoms with Gasteiger partial charge in [-0.3, -0.25) is 14.4 Å². The van der Waals surface area contributed by atoms with Gasteiger partial charge in [-0.05, 0) is 42.7 Å². The lowest BCUT2D eigenvalue weighted by molar-refractivity contribution is -0.121. The van der Waals surface area contributed by atoms with Gasteiger partial charge in [0.25, 0.3) is 5.91 Å². The van der Waals surface area contributed by atoms with Crippen LogP contribution in [0.2, 0.25) is 0 Å². The Morgan fingerprint density at radius 1 is 1.09 bits per heavy atom. The van der Waals surface area contributed by atoms with Crippen molar-refractivity contribution in [3.05, 3.63) is 60.3 Å². The van der Waals surface area contributed by atoms with E-state index in [0.717, 1.165) is 21.4 Å². The highest BCUT2D eigenvalue weighted by Crippen LogP contribution is 2.24. The van der Waals surface area contributed by atoms with Gasteiger partial charge >= 0.3 is 6.03 Å². The summed E-state index contributed by atoms with van der Waals surface area (Å²) in [5, 5.41) is 9.26. The second-order valence-corrected chi connectivity index (χ2v) is 7.91. The van der Waals surface area contributed by atoms with Crippen LogP contribution in [0.5, 0.6) is 0 Å². The number of para-hydroxylation sites is 1. The lowest BCUT2D eigenvalue weighted by Gasteiger charge is -2.14. The zero-order valence-corrected chi connectivity index (χ0v) is 18.2. The summed E-state index contributed by atoms with van der Waals surface area (Å²) < 4.78 is 0. The lowest BCUT2D eigenvalue weighted by Crippen LogP contribution is -2.33. The summed E-state index contributed by atoms with van der Waals surface area (Å²) in [6, 6.07) is 13.1. The Balaban J connectivity index is 1.28. The second-order valence-electron chi connectivity index (χ2n) is 7.91. The normalized spacial score (nSPS) is 15.5. The minimum atomic E-state index is -0.777. The molecule has 1 fully saturated rings. The second kappa shape index (κ2) is 9.56. The van der Waals surface area contributed by atoms with Crippen molar-refractivity contribution in [3.8, 4) is 0 Å². The molecule has 4 rings (SSSR count). The van der Waals surface area contributed by atoms with Crippen molar-refractivity contribution in [1.82, 2.24) is 15.6 Å². The number of hydrogen-bond acceptors (Lipinski definition) is 4. The number of hydrogen-bond donors (Lipinski definition) is 4. The molecule has 1 aliphatic rings. The number of benzene rings is 2. The summed E-state index contributed by atoms with van der Waals surface area (Å²) in [7, 11) is 0. The number of urea groups is 1. The molecule has 33 heavy (non-hydrogen) atoms. The fourth-order valence-corrected chi connectivity index (χ4v) is 3.94. The maximum Gasteiger partial charge on any atom is 0.329 e. The van der Waals surface area contributed by atoms with E-state index in [2.05, 4.69) is 20.9 Å². The van der Waals surface area contributed by atoms with Gasteiger partial charge < -0.3 is 20.9 Å². The third kappa shape index (κ3) is 5.03. The number of anilines is 2. The number of amides is 5. The lowest BCUT2D eigenvalue weighted by atomic mass is 10.1. The first-order valence-corrected chi connectivity index (χ1v) is 10.8. The fourth-order valence-electron chi connectivity index (χ4n) is 3.94. The Labute approximate surface area is 190 Å². The number of aromatic amines is 1. The Morgan fingerprint density at radius 3 is 2.73 bits per heavy atom. The average molecular weight is 447 g/mol. The molecule has 2 heterocycles. The molecular weight excluding hydrogens is 422 g/mol. The number of fused-ring (bicyclic) bond motifs is 1. The van der Waals surface area contributed by atoms with Gasteiger partial charge in [-0.1, -0.05) is 24.3 Å².